The molecule has 0 radical (unpaired) electrons. The first kappa shape index (κ1) is 34.0. The second-order valence-electron chi connectivity index (χ2n) is 11.6. The van der Waals surface area contributed by atoms with Crippen LogP contribution in [-0.2, 0) is 30.7 Å². The Balaban J connectivity index is 1.75. The van der Waals surface area contributed by atoms with Crippen molar-refractivity contribution >= 4 is 39.3 Å². The lowest BCUT2D eigenvalue weighted by Gasteiger charge is -2.27. The lowest BCUT2D eigenvalue weighted by molar-refractivity contribution is -0.274. The molecule has 2 heterocycles. The van der Waals surface area contributed by atoms with Crippen molar-refractivity contribution in [3.8, 4) is 17.1 Å². The van der Waals surface area contributed by atoms with Crippen LogP contribution in [0.5, 0.6) is 5.75 Å². The minimum absolute atomic E-state index is 0.00632. The summed E-state index contributed by atoms with van der Waals surface area (Å²) in [6.07, 6.45) is -4.77. The molecule has 0 unspecified atom stereocenters. The van der Waals surface area contributed by atoms with Gasteiger partial charge in [0.15, 0.2) is 9.84 Å². The number of aromatic nitrogens is 2. The number of carbonyl (C=O) groups excluding carboxylic acids is 2. The van der Waals surface area contributed by atoms with Gasteiger partial charge in [-0.3, -0.25) is 4.79 Å². The highest BCUT2D eigenvalue weighted by Gasteiger charge is 2.39. The van der Waals surface area contributed by atoms with E-state index >= 15 is 4.39 Å². The number of nitrogens with zero attached hydrogens (tertiary/aromatic N) is 3. The van der Waals surface area contributed by atoms with Crippen LogP contribution in [0.25, 0.3) is 11.4 Å². The molecule has 244 valence electrons. The maximum atomic E-state index is 15.5. The predicted octanol–water partition coefficient (Wildman–Crippen LogP) is 5.59. The van der Waals surface area contributed by atoms with Gasteiger partial charge in [0, 0.05) is 16.9 Å². The Morgan fingerprint density at radius 2 is 1.78 bits per heavy atom. The van der Waals surface area contributed by atoms with E-state index in [-0.39, 0.29) is 35.3 Å². The minimum atomic E-state index is -4.90. The Labute approximate surface area is 260 Å². The molecular formula is C28H30F4N4O7S2. The molecule has 11 nitrogen and oxygen atoms in total. The summed E-state index contributed by atoms with van der Waals surface area (Å²) < 4.78 is 90.9. The Kier molecular flexibility index (Phi) is 9.19. The summed E-state index contributed by atoms with van der Waals surface area (Å²) in [7, 11) is -3.71. The van der Waals surface area contributed by atoms with Gasteiger partial charge in [0.05, 0.1) is 17.8 Å². The second-order valence-corrected chi connectivity index (χ2v) is 15.3. The third-order valence-electron chi connectivity index (χ3n) is 6.61. The van der Waals surface area contributed by atoms with Gasteiger partial charge >= 0.3 is 12.5 Å². The van der Waals surface area contributed by atoms with Crippen molar-refractivity contribution in [3.05, 3.63) is 53.7 Å². The molecule has 0 bridgehead atoms. The zero-order valence-corrected chi connectivity index (χ0v) is 26.6. The first-order chi connectivity index (χ1) is 20.6. The fourth-order valence-electron chi connectivity index (χ4n) is 4.02. The standard InChI is InChI=1S/C28H30F4N4O7S2/c1-26(2,3)42-25(38)33-19-14-44-21-12-18(29)17(22-34-24(43-35-22)27(4,5)45(6,39)40)11-20(21)36(23(19)37)13-15-7-9-16(10-8-15)41-28(30,31)32/h7-12,19H,13-14H2,1-6H3,(H,33,38)/t19-/m0/s1. The van der Waals surface area contributed by atoms with Crippen molar-refractivity contribution in [1.29, 1.82) is 0 Å². The molecule has 45 heavy (non-hydrogen) atoms. The van der Waals surface area contributed by atoms with Crippen molar-refractivity contribution in [2.75, 3.05) is 16.9 Å². The molecule has 0 aliphatic carbocycles. The van der Waals surface area contributed by atoms with Crippen LogP contribution in [0.1, 0.15) is 46.1 Å². The Bertz CT molecular complexity index is 1700. The number of halogens is 4. The second kappa shape index (κ2) is 12.2. The van der Waals surface area contributed by atoms with E-state index in [1.807, 2.05) is 0 Å². The number of anilines is 1. The molecule has 2 amide bonds. The third kappa shape index (κ3) is 8.06. The number of amides is 2. The number of hydrogen-bond donors (Lipinski definition) is 1. The highest BCUT2D eigenvalue weighted by molar-refractivity contribution is 7.99. The molecule has 3 aromatic rings. The highest BCUT2D eigenvalue weighted by atomic mass is 32.2. The average molecular weight is 675 g/mol. The molecule has 2 aromatic carbocycles. The van der Waals surface area contributed by atoms with Gasteiger partial charge in [0.1, 0.15) is 28.0 Å². The number of thioether (sulfide) groups is 1. The molecule has 1 aliphatic rings. The van der Waals surface area contributed by atoms with Gasteiger partial charge in [-0.1, -0.05) is 17.3 Å². The quantitative estimate of drug-likeness (QED) is 0.316. The van der Waals surface area contributed by atoms with E-state index in [1.54, 1.807) is 20.8 Å². The fourth-order valence-corrected chi connectivity index (χ4v) is 5.50. The van der Waals surface area contributed by atoms with E-state index in [4.69, 9.17) is 9.26 Å². The molecule has 0 fully saturated rings. The van der Waals surface area contributed by atoms with Crippen molar-refractivity contribution in [3.63, 3.8) is 0 Å². The highest BCUT2D eigenvalue weighted by Crippen LogP contribution is 2.40. The molecule has 1 atom stereocenters. The molecule has 0 spiro atoms. The van der Waals surface area contributed by atoms with Crippen LogP contribution in [0.3, 0.4) is 0 Å². The van der Waals surface area contributed by atoms with Gasteiger partial charge in [-0.05, 0) is 64.4 Å². The summed E-state index contributed by atoms with van der Waals surface area (Å²) in [6, 6.07) is 6.11. The summed E-state index contributed by atoms with van der Waals surface area (Å²) in [5.41, 5.74) is -0.506. The topological polar surface area (TPSA) is 141 Å². The van der Waals surface area contributed by atoms with E-state index in [1.165, 1.54) is 36.9 Å². The number of ether oxygens (including phenoxy) is 2. The predicted molar refractivity (Wildman–Crippen MR) is 156 cm³/mol. The van der Waals surface area contributed by atoms with Crippen LogP contribution in [-0.4, -0.2) is 60.6 Å². The summed E-state index contributed by atoms with van der Waals surface area (Å²) in [5.74, 6) is -2.45. The van der Waals surface area contributed by atoms with Gasteiger partial charge in [-0.15, -0.1) is 24.9 Å². The monoisotopic (exact) mass is 674 g/mol. The minimum Gasteiger partial charge on any atom is -0.444 e. The SMILES string of the molecule is CC(C)(C)OC(=O)N[C@H]1CSc2cc(F)c(-c3noc(C(C)(C)S(C)(=O)=O)n3)cc2N(Cc2ccc(OC(F)(F)F)cc2)C1=O. The lowest BCUT2D eigenvalue weighted by atomic mass is 10.1. The van der Waals surface area contributed by atoms with Gasteiger partial charge in [-0.2, -0.15) is 4.98 Å². The summed E-state index contributed by atoms with van der Waals surface area (Å²) in [5, 5.41) is 6.31. The first-order valence-corrected chi connectivity index (χ1v) is 16.2. The molecule has 4 rings (SSSR count). The van der Waals surface area contributed by atoms with E-state index in [0.717, 1.165) is 36.2 Å². The number of rotatable bonds is 7. The number of alkyl carbamates (subject to hydrolysis) is 1. The van der Waals surface area contributed by atoms with Gasteiger partial charge in [0.2, 0.25) is 11.7 Å². The molecule has 0 saturated heterocycles. The summed E-state index contributed by atoms with van der Waals surface area (Å²) in [4.78, 5) is 32.1. The Hall–Kier alpha value is -3.86. The van der Waals surface area contributed by atoms with Gasteiger partial charge in [-0.25, -0.2) is 17.6 Å². The molecule has 17 heteroatoms. The van der Waals surface area contributed by atoms with Gasteiger partial charge in [0.25, 0.3) is 5.91 Å². The molecular weight excluding hydrogens is 644 g/mol. The fraction of sp³-hybridized carbons (Fsp3) is 0.429. The molecule has 1 N–H and O–H groups in total. The largest absolute Gasteiger partial charge is 0.573 e. The number of fused-ring (bicyclic) bond motifs is 1. The Morgan fingerprint density at radius 1 is 1.13 bits per heavy atom. The smallest absolute Gasteiger partial charge is 0.444 e. The number of benzene rings is 2. The number of carbonyl (C=O) groups is 2. The molecule has 0 saturated carbocycles. The molecule has 1 aromatic heterocycles. The van der Waals surface area contributed by atoms with Crippen LogP contribution in [0.15, 0.2) is 45.8 Å². The molecule has 1 aliphatic heterocycles. The maximum Gasteiger partial charge on any atom is 0.573 e. The summed E-state index contributed by atoms with van der Waals surface area (Å²) >= 11 is 1.07. The van der Waals surface area contributed by atoms with Crippen molar-refractivity contribution in [2.45, 2.75) is 68.8 Å². The number of sulfone groups is 1. The van der Waals surface area contributed by atoms with Crippen molar-refractivity contribution < 1.29 is 49.6 Å². The Morgan fingerprint density at radius 3 is 2.36 bits per heavy atom. The summed E-state index contributed by atoms with van der Waals surface area (Å²) in [6.45, 7) is 7.45. The maximum absolute atomic E-state index is 15.5. The van der Waals surface area contributed by atoms with Gasteiger partial charge < -0.3 is 24.2 Å². The third-order valence-corrected chi connectivity index (χ3v) is 9.77. The number of hydrogen-bond acceptors (Lipinski definition) is 10. The van der Waals surface area contributed by atoms with E-state index in [9.17, 15) is 31.2 Å². The number of nitrogens with one attached hydrogen (secondary N) is 1. The van der Waals surface area contributed by atoms with E-state index in [0.29, 0.717) is 10.5 Å². The first-order valence-electron chi connectivity index (χ1n) is 13.3. The van der Waals surface area contributed by atoms with Crippen LogP contribution in [0.4, 0.5) is 28.0 Å². The average Bonchev–Trinajstić information content (AvgIpc) is 3.35. The van der Waals surface area contributed by atoms with Crippen LogP contribution in [0, 0.1) is 5.82 Å². The van der Waals surface area contributed by atoms with E-state index in [2.05, 4.69) is 20.2 Å². The van der Waals surface area contributed by atoms with Crippen LogP contribution >= 0.6 is 11.8 Å². The van der Waals surface area contributed by atoms with Crippen LogP contribution in [0.2, 0.25) is 0 Å². The van der Waals surface area contributed by atoms with E-state index < -0.39 is 56.2 Å². The van der Waals surface area contributed by atoms with Crippen LogP contribution < -0.4 is 15.0 Å². The van der Waals surface area contributed by atoms with Crippen molar-refractivity contribution in [1.82, 2.24) is 15.5 Å². The zero-order chi connectivity index (χ0) is 33.5. The normalized spacial score (nSPS) is 16.2. The zero-order valence-electron chi connectivity index (χ0n) is 25.0. The lowest BCUT2D eigenvalue weighted by Crippen LogP contribution is -2.50. The van der Waals surface area contributed by atoms with Crippen molar-refractivity contribution in [2.24, 2.45) is 0 Å². The number of alkyl halides is 3.